The first-order valence-electron chi connectivity index (χ1n) is 6.26. The molecule has 2 rings (SSSR count). The van der Waals surface area contributed by atoms with Gasteiger partial charge in [-0.2, -0.15) is 5.10 Å². The highest BCUT2D eigenvalue weighted by atomic mass is 127. The van der Waals surface area contributed by atoms with Crippen molar-refractivity contribution in [2.45, 2.75) is 19.9 Å². The number of aromatic nitrogens is 2. The van der Waals surface area contributed by atoms with E-state index in [-0.39, 0.29) is 11.7 Å². The van der Waals surface area contributed by atoms with Crippen molar-refractivity contribution in [1.82, 2.24) is 15.1 Å². The molecular weight excluding hydrogens is 372 g/mol. The number of hydrogen-bond acceptors (Lipinski definition) is 2. The van der Waals surface area contributed by atoms with Crippen molar-refractivity contribution in [3.05, 3.63) is 50.6 Å². The molecule has 2 aromatic rings. The topological polar surface area (TPSA) is 46.9 Å². The normalized spacial score (nSPS) is 10.6. The number of aryl methyl sites for hydroxylation is 2. The van der Waals surface area contributed by atoms with Crippen molar-refractivity contribution in [3.63, 3.8) is 0 Å². The van der Waals surface area contributed by atoms with Gasteiger partial charge in [0, 0.05) is 28.9 Å². The van der Waals surface area contributed by atoms with Crippen LogP contribution in [-0.4, -0.2) is 15.7 Å². The first kappa shape index (κ1) is 15.0. The summed E-state index contributed by atoms with van der Waals surface area (Å²) in [6.45, 7) is 2.44. The van der Waals surface area contributed by atoms with E-state index in [2.05, 4.69) is 10.4 Å². The Morgan fingerprint density at radius 1 is 1.50 bits per heavy atom. The molecule has 0 aliphatic heterocycles. The standard InChI is InChI=1S/C14H15FIN3O/c1-3-13-9(8-19(2)18-13)7-17-14(20)11-5-4-10(15)6-12(11)16/h4-6,8H,3,7H2,1-2H3,(H,17,20). The summed E-state index contributed by atoms with van der Waals surface area (Å²) in [7, 11) is 1.85. The van der Waals surface area contributed by atoms with Gasteiger partial charge in [0.15, 0.2) is 0 Å². The molecule has 0 atom stereocenters. The predicted octanol–water partition coefficient (Wildman–Crippen LogP) is 2.66. The number of rotatable bonds is 4. The zero-order valence-electron chi connectivity index (χ0n) is 11.3. The Bertz CT molecular complexity index is 639. The van der Waals surface area contributed by atoms with Gasteiger partial charge in [-0.05, 0) is 47.2 Å². The molecule has 1 aromatic carbocycles. The zero-order valence-corrected chi connectivity index (χ0v) is 13.4. The summed E-state index contributed by atoms with van der Waals surface area (Å²) in [5, 5.41) is 7.17. The lowest BCUT2D eigenvalue weighted by molar-refractivity contribution is 0.0950. The van der Waals surface area contributed by atoms with Gasteiger partial charge >= 0.3 is 0 Å². The Balaban J connectivity index is 2.08. The maximum atomic E-state index is 13.0. The predicted molar refractivity (Wildman–Crippen MR) is 82.9 cm³/mol. The summed E-state index contributed by atoms with van der Waals surface area (Å²) in [6.07, 6.45) is 2.72. The van der Waals surface area contributed by atoms with Crippen LogP contribution in [0.1, 0.15) is 28.5 Å². The summed E-state index contributed by atoms with van der Waals surface area (Å²) in [6, 6.07) is 4.13. The van der Waals surface area contributed by atoms with Crippen LogP contribution in [0.2, 0.25) is 0 Å². The van der Waals surface area contributed by atoms with Crippen LogP contribution in [0.4, 0.5) is 4.39 Å². The number of hydrogen-bond donors (Lipinski definition) is 1. The van der Waals surface area contributed by atoms with Crippen LogP contribution in [-0.2, 0) is 20.0 Å². The second kappa shape index (κ2) is 6.34. The second-order valence-corrected chi connectivity index (χ2v) is 5.60. The molecule has 0 aliphatic rings. The highest BCUT2D eigenvalue weighted by Gasteiger charge is 2.12. The minimum Gasteiger partial charge on any atom is -0.348 e. The maximum absolute atomic E-state index is 13.0. The van der Waals surface area contributed by atoms with Crippen molar-refractivity contribution < 1.29 is 9.18 Å². The Hall–Kier alpha value is -1.44. The smallest absolute Gasteiger partial charge is 0.252 e. The van der Waals surface area contributed by atoms with Gasteiger partial charge in [-0.25, -0.2) is 4.39 Å². The molecule has 0 saturated heterocycles. The Kier molecular flexibility index (Phi) is 4.74. The van der Waals surface area contributed by atoms with Gasteiger partial charge in [0.05, 0.1) is 11.3 Å². The molecule has 0 bridgehead atoms. The van der Waals surface area contributed by atoms with Crippen molar-refractivity contribution in [1.29, 1.82) is 0 Å². The summed E-state index contributed by atoms with van der Waals surface area (Å²) in [5.74, 6) is -0.549. The molecule has 1 amide bonds. The molecule has 4 nitrogen and oxygen atoms in total. The SMILES string of the molecule is CCc1nn(C)cc1CNC(=O)c1ccc(F)cc1I. The molecule has 0 radical (unpaired) electrons. The van der Waals surface area contributed by atoms with E-state index in [9.17, 15) is 9.18 Å². The van der Waals surface area contributed by atoms with Crippen LogP contribution < -0.4 is 5.32 Å². The highest BCUT2D eigenvalue weighted by Crippen LogP contribution is 2.14. The summed E-state index contributed by atoms with van der Waals surface area (Å²) < 4.78 is 15.4. The molecule has 0 spiro atoms. The third-order valence-electron chi connectivity index (χ3n) is 2.94. The van der Waals surface area contributed by atoms with Gasteiger partial charge in [-0.1, -0.05) is 6.92 Å². The highest BCUT2D eigenvalue weighted by molar-refractivity contribution is 14.1. The largest absolute Gasteiger partial charge is 0.348 e. The van der Waals surface area contributed by atoms with Crippen LogP contribution in [0.3, 0.4) is 0 Å². The van der Waals surface area contributed by atoms with Crippen LogP contribution in [0.25, 0.3) is 0 Å². The number of amides is 1. The van der Waals surface area contributed by atoms with E-state index in [0.717, 1.165) is 17.7 Å². The molecule has 0 unspecified atom stereocenters. The molecule has 0 aliphatic carbocycles. The average molecular weight is 387 g/mol. The van der Waals surface area contributed by atoms with E-state index in [1.165, 1.54) is 18.2 Å². The number of carbonyl (C=O) groups excluding carboxylic acids is 1. The molecular formula is C14H15FIN3O. The number of nitrogens with zero attached hydrogens (tertiary/aromatic N) is 2. The molecule has 1 aromatic heterocycles. The zero-order chi connectivity index (χ0) is 14.7. The fraction of sp³-hybridized carbons (Fsp3) is 0.286. The summed E-state index contributed by atoms with van der Waals surface area (Å²) >= 11 is 1.96. The molecule has 20 heavy (non-hydrogen) atoms. The summed E-state index contributed by atoms with van der Waals surface area (Å²) in [5.41, 5.74) is 2.45. The van der Waals surface area contributed by atoms with Crippen molar-refractivity contribution in [3.8, 4) is 0 Å². The van der Waals surface area contributed by atoms with E-state index >= 15 is 0 Å². The fourth-order valence-electron chi connectivity index (χ4n) is 1.97. The number of halogens is 2. The van der Waals surface area contributed by atoms with E-state index in [4.69, 9.17) is 0 Å². The van der Waals surface area contributed by atoms with Crippen LogP contribution >= 0.6 is 22.6 Å². The van der Waals surface area contributed by atoms with E-state index < -0.39 is 0 Å². The molecule has 6 heteroatoms. The molecule has 106 valence electrons. The summed E-state index contributed by atoms with van der Waals surface area (Å²) in [4.78, 5) is 12.1. The monoisotopic (exact) mass is 387 g/mol. The van der Waals surface area contributed by atoms with Gasteiger partial charge in [-0.3, -0.25) is 9.48 Å². The maximum Gasteiger partial charge on any atom is 0.252 e. The molecule has 0 fully saturated rings. The van der Waals surface area contributed by atoms with Gasteiger partial charge in [-0.15, -0.1) is 0 Å². The molecule has 1 heterocycles. The third kappa shape index (κ3) is 3.36. The van der Waals surface area contributed by atoms with Crippen molar-refractivity contribution in [2.75, 3.05) is 0 Å². The average Bonchev–Trinajstić information content (AvgIpc) is 2.76. The van der Waals surface area contributed by atoms with E-state index in [0.29, 0.717) is 15.7 Å². The van der Waals surface area contributed by atoms with Gasteiger partial charge < -0.3 is 5.32 Å². The number of nitrogens with one attached hydrogen (secondary N) is 1. The van der Waals surface area contributed by atoms with Crippen LogP contribution in [0.5, 0.6) is 0 Å². The van der Waals surface area contributed by atoms with Crippen molar-refractivity contribution in [2.24, 2.45) is 7.05 Å². The Morgan fingerprint density at radius 3 is 2.90 bits per heavy atom. The third-order valence-corrected chi connectivity index (χ3v) is 3.83. The lowest BCUT2D eigenvalue weighted by Crippen LogP contribution is -2.24. The van der Waals surface area contributed by atoms with Gasteiger partial charge in [0.25, 0.3) is 5.91 Å². The lowest BCUT2D eigenvalue weighted by atomic mass is 10.2. The van der Waals surface area contributed by atoms with Gasteiger partial charge in [0.2, 0.25) is 0 Å². The second-order valence-electron chi connectivity index (χ2n) is 4.44. The Morgan fingerprint density at radius 2 is 2.25 bits per heavy atom. The van der Waals surface area contributed by atoms with E-state index in [1.807, 2.05) is 42.8 Å². The van der Waals surface area contributed by atoms with Crippen LogP contribution in [0, 0.1) is 9.39 Å². The molecule has 0 saturated carbocycles. The lowest BCUT2D eigenvalue weighted by Gasteiger charge is -2.06. The minimum absolute atomic E-state index is 0.208. The number of benzene rings is 1. The number of carbonyl (C=O) groups is 1. The Labute approximate surface area is 130 Å². The first-order chi connectivity index (χ1) is 9.51. The quantitative estimate of drug-likeness (QED) is 0.821. The van der Waals surface area contributed by atoms with E-state index in [1.54, 1.807) is 4.68 Å². The fourth-order valence-corrected chi connectivity index (χ4v) is 2.70. The minimum atomic E-state index is -0.341. The van der Waals surface area contributed by atoms with Gasteiger partial charge in [0.1, 0.15) is 5.82 Å². The van der Waals surface area contributed by atoms with Crippen LogP contribution in [0.15, 0.2) is 24.4 Å². The first-order valence-corrected chi connectivity index (χ1v) is 7.33. The molecule has 1 N–H and O–H groups in total. The van der Waals surface area contributed by atoms with Crippen molar-refractivity contribution >= 4 is 28.5 Å².